The molecule has 3 rings (SSSR count). The average molecular weight is 361 g/mol. The van der Waals surface area contributed by atoms with Crippen LogP contribution in [0.15, 0.2) is 65.1 Å². The minimum atomic E-state index is 0.142. The number of hydrogen-bond acceptors (Lipinski definition) is 1. The van der Waals surface area contributed by atoms with Crippen LogP contribution in [-0.4, -0.2) is 7.05 Å². The molecule has 0 spiro atoms. The summed E-state index contributed by atoms with van der Waals surface area (Å²) in [6.07, 6.45) is 0. The van der Waals surface area contributed by atoms with Gasteiger partial charge in [-0.15, -0.1) is 0 Å². The Morgan fingerprint density at radius 1 is 0.905 bits per heavy atom. The van der Waals surface area contributed by atoms with Crippen molar-refractivity contribution < 1.29 is 0 Å². The van der Waals surface area contributed by atoms with Gasteiger partial charge in [0.15, 0.2) is 0 Å². The summed E-state index contributed by atoms with van der Waals surface area (Å²) in [6, 6.07) is 21.2. The smallest absolute Gasteiger partial charge is 0.0574 e. The number of benzene rings is 3. The molecule has 0 aliphatic carbocycles. The molecule has 3 aromatic carbocycles. The van der Waals surface area contributed by atoms with Crippen molar-refractivity contribution in [2.24, 2.45) is 0 Å². The van der Waals surface area contributed by atoms with E-state index in [1.165, 1.54) is 21.9 Å². The molecule has 106 valence electrons. The van der Waals surface area contributed by atoms with Gasteiger partial charge in [-0.3, -0.25) is 0 Å². The molecule has 1 unspecified atom stereocenters. The van der Waals surface area contributed by atoms with E-state index in [0.717, 1.165) is 9.50 Å². The van der Waals surface area contributed by atoms with Crippen LogP contribution in [0.3, 0.4) is 0 Å². The number of nitrogens with one attached hydrogen (secondary N) is 1. The maximum absolute atomic E-state index is 6.09. The van der Waals surface area contributed by atoms with E-state index in [9.17, 15) is 0 Å². The van der Waals surface area contributed by atoms with Crippen LogP contribution >= 0.6 is 27.5 Å². The Hall–Kier alpha value is -1.35. The van der Waals surface area contributed by atoms with E-state index in [-0.39, 0.29) is 6.04 Å². The second-order valence-electron chi connectivity index (χ2n) is 5.00. The normalized spacial score (nSPS) is 12.5. The molecule has 3 heteroatoms. The van der Waals surface area contributed by atoms with Crippen LogP contribution in [0.25, 0.3) is 10.8 Å². The highest BCUT2D eigenvalue weighted by Gasteiger charge is 2.13. The zero-order valence-electron chi connectivity index (χ0n) is 11.6. The first-order valence-electron chi connectivity index (χ1n) is 6.80. The highest BCUT2D eigenvalue weighted by atomic mass is 79.9. The number of hydrogen-bond donors (Lipinski definition) is 1. The molecule has 0 bridgehead atoms. The summed E-state index contributed by atoms with van der Waals surface area (Å²) in [4.78, 5) is 0. The predicted molar refractivity (Wildman–Crippen MR) is 94.0 cm³/mol. The van der Waals surface area contributed by atoms with E-state index in [0.29, 0.717) is 0 Å². The monoisotopic (exact) mass is 359 g/mol. The summed E-state index contributed by atoms with van der Waals surface area (Å²) in [6.45, 7) is 0. The van der Waals surface area contributed by atoms with Crippen molar-refractivity contribution in [3.8, 4) is 0 Å². The molecule has 3 aromatic rings. The van der Waals surface area contributed by atoms with Crippen molar-refractivity contribution >= 4 is 38.3 Å². The van der Waals surface area contributed by atoms with Crippen LogP contribution in [0, 0.1) is 0 Å². The third-order valence-corrected chi connectivity index (χ3v) is 4.89. The lowest BCUT2D eigenvalue weighted by molar-refractivity contribution is 0.692. The van der Waals surface area contributed by atoms with Gasteiger partial charge in [-0.05, 0) is 63.1 Å². The molecule has 0 aliphatic heterocycles. The van der Waals surface area contributed by atoms with Gasteiger partial charge in [-0.2, -0.15) is 0 Å². The topological polar surface area (TPSA) is 12.0 Å². The lowest BCUT2D eigenvalue weighted by Crippen LogP contribution is -2.17. The Balaban J connectivity index is 2.06. The summed E-state index contributed by atoms with van der Waals surface area (Å²) in [5.41, 5.74) is 2.43. The van der Waals surface area contributed by atoms with Crippen LogP contribution in [0.2, 0.25) is 5.02 Å². The van der Waals surface area contributed by atoms with E-state index >= 15 is 0 Å². The Labute approximate surface area is 138 Å². The lowest BCUT2D eigenvalue weighted by atomic mass is 9.96. The molecule has 0 fully saturated rings. The van der Waals surface area contributed by atoms with Crippen molar-refractivity contribution in [2.75, 3.05) is 7.05 Å². The van der Waals surface area contributed by atoms with Gasteiger partial charge in [0.2, 0.25) is 0 Å². The van der Waals surface area contributed by atoms with Gasteiger partial charge in [0.05, 0.1) is 11.1 Å². The third-order valence-electron chi connectivity index (χ3n) is 3.67. The first-order valence-corrected chi connectivity index (χ1v) is 7.97. The SMILES string of the molecule is CNC(c1ccc(Cl)c(Br)c1)c1ccc2ccccc2c1. The molecular formula is C18H15BrClN. The highest BCUT2D eigenvalue weighted by molar-refractivity contribution is 9.10. The molecule has 1 N–H and O–H groups in total. The minimum Gasteiger partial charge on any atom is -0.309 e. The molecule has 1 nitrogen and oxygen atoms in total. The highest BCUT2D eigenvalue weighted by Crippen LogP contribution is 2.30. The average Bonchev–Trinajstić information content (AvgIpc) is 2.51. The van der Waals surface area contributed by atoms with E-state index < -0.39 is 0 Å². The fourth-order valence-electron chi connectivity index (χ4n) is 2.61. The van der Waals surface area contributed by atoms with Crippen LogP contribution in [0.1, 0.15) is 17.2 Å². The molecule has 1 atom stereocenters. The number of fused-ring (bicyclic) bond motifs is 1. The van der Waals surface area contributed by atoms with E-state index in [1.54, 1.807) is 0 Å². The summed E-state index contributed by atoms with van der Waals surface area (Å²) in [5, 5.41) is 6.62. The molecule has 0 aromatic heterocycles. The lowest BCUT2D eigenvalue weighted by Gasteiger charge is -2.18. The number of halogens is 2. The molecule has 21 heavy (non-hydrogen) atoms. The molecule has 0 amide bonds. The van der Waals surface area contributed by atoms with Crippen molar-refractivity contribution in [3.05, 3.63) is 81.3 Å². The van der Waals surface area contributed by atoms with Crippen molar-refractivity contribution in [1.82, 2.24) is 5.32 Å². The Morgan fingerprint density at radius 2 is 1.57 bits per heavy atom. The second kappa shape index (κ2) is 6.18. The largest absolute Gasteiger partial charge is 0.309 e. The van der Waals surface area contributed by atoms with Gasteiger partial charge in [0.25, 0.3) is 0 Å². The number of rotatable bonds is 3. The van der Waals surface area contributed by atoms with Gasteiger partial charge < -0.3 is 5.32 Å². The van der Waals surface area contributed by atoms with Crippen LogP contribution in [0.4, 0.5) is 0 Å². The minimum absolute atomic E-state index is 0.142. The fraction of sp³-hybridized carbons (Fsp3) is 0.111. The molecule has 0 heterocycles. The first-order chi connectivity index (χ1) is 10.2. The molecule has 0 radical (unpaired) electrons. The van der Waals surface area contributed by atoms with Crippen LogP contribution < -0.4 is 5.32 Å². The van der Waals surface area contributed by atoms with Crippen molar-refractivity contribution in [3.63, 3.8) is 0 Å². The van der Waals surface area contributed by atoms with Crippen LogP contribution in [0.5, 0.6) is 0 Å². The van der Waals surface area contributed by atoms with Gasteiger partial charge in [0, 0.05) is 4.47 Å². The molecule has 0 saturated heterocycles. The van der Waals surface area contributed by atoms with Crippen molar-refractivity contribution in [1.29, 1.82) is 0 Å². The molecule has 0 aliphatic rings. The zero-order valence-corrected chi connectivity index (χ0v) is 13.9. The van der Waals surface area contributed by atoms with Crippen molar-refractivity contribution in [2.45, 2.75) is 6.04 Å². The second-order valence-corrected chi connectivity index (χ2v) is 6.26. The summed E-state index contributed by atoms with van der Waals surface area (Å²) < 4.78 is 0.919. The van der Waals surface area contributed by atoms with E-state index in [1.807, 2.05) is 13.1 Å². The van der Waals surface area contributed by atoms with E-state index in [4.69, 9.17) is 11.6 Å². The fourth-order valence-corrected chi connectivity index (χ4v) is 3.12. The standard InChI is InChI=1S/C18H15BrClN/c1-21-18(15-8-9-17(20)16(19)11-15)14-7-6-12-4-2-3-5-13(12)10-14/h2-11,18,21H,1H3. The quantitative estimate of drug-likeness (QED) is 0.644. The Morgan fingerprint density at radius 3 is 2.29 bits per heavy atom. The van der Waals surface area contributed by atoms with E-state index in [2.05, 4.69) is 75.8 Å². The van der Waals surface area contributed by atoms with Gasteiger partial charge >= 0.3 is 0 Å². The Kier molecular flexibility index (Phi) is 4.29. The summed E-state index contributed by atoms with van der Waals surface area (Å²) in [5.74, 6) is 0. The van der Waals surface area contributed by atoms with Crippen LogP contribution in [-0.2, 0) is 0 Å². The maximum atomic E-state index is 6.09. The third kappa shape index (κ3) is 2.98. The first kappa shape index (κ1) is 14.6. The van der Waals surface area contributed by atoms with Gasteiger partial charge in [-0.25, -0.2) is 0 Å². The van der Waals surface area contributed by atoms with Gasteiger partial charge in [0.1, 0.15) is 0 Å². The summed E-state index contributed by atoms with van der Waals surface area (Å²) >= 11 is 9.58. The predicted octanol–water partition coefficient (Wildman–Crippen LogP) is 5.56. The zero-order chi connectivity index (χ0) is 14.8. The molecular weight excluding hydrogens is 346 g/mol. The maximum Gasteiger partial charge on any atom is 0.0574 e. The summed E-state index contributed by atoms with van der Waals surface area (Å²) in [7, 11) is 1.97. The van der Waals surface area contributed by atoms with Gasteiger partial charge in [-0.1, -0.05) is 54.1 Å². The molecule has 0 saturated carbocycles. The Bertz CT molecular complexity index is 785.